The lowest BCUT2D eigenvalue weighted by atomic mass is 10.00. The topological polar surface area (TPSA) is 26.0 Å². The number of benzene rings is 2. The summed E-state index contributed by atoms with van der Waals surface area (Å²) in [6, 6.07) is 16.8. The highest BCUT2D eigenvalue weighted by molar-refractivity contribution is 5.63. The Labute approximate surface area is 105 Å². The predicted octanol–water partition coefficient (Wildman–Crippen LogP) is 4.01. The van der Waals surface area contributed by atoms with Crippen molar-refractivity contribution in [2.75, 3.05) is 0 Å². The van der Waals surface area contributed by atoms with E-state index in [1.807, 2.05) is 54.6 Å². The first-order valence-electron chi connectivity index (χ1n) is 5.86. The molecule has 18 heavy (non-hydrogen) atoms. The van der Waals surface area contributed by atoms with E-state index in [9.17, 15) is 8.78 Å². The van der Waals surface area contributed by atoms with Gasteiger partial charge in [-0.15, -0.1) is 0 Å². The first-order valence-corrected chi connectivity index (χ1v) is 5.86. The van der Waals surface area contributed by atoms with E-state index >= 15 is 0 Å². The molecule has 0 aromatic heterocycles. The molecule has 0 aliphatic carbocycles. The Morgan fingerprint density at radius 1 is 0.833 bits per heavy atom. The molecule has 0 radical (unpaired) electrons. The van der Waals surface area contributed by atoms with E-state index in [0.29, 0.717) is 0 Å². The van der Waals surface area contributed by atoms with Gasteiger partial charge in [0.2, 0.25) is 6.43 Å². The van der Waals surface area contributed by atoms with Crippen molar-refractivity contribution in [2.24, 2.45) is 5.73 Å². The van der Waals surface area contributed by atoms with Gasteiger partial charge in [-0.05, 0) is 16.7 Å². The molecule has 0 amide bonds. The molecule has 0 unspecified atom stereocenters. The van der Waals surface area contributed by atoms with Crippen LogP contribution in [0.2, 0.25) is 0 Å². The van der Waals surface area contributed by atoms with Crippen molar-refractivity contribution in [3.63, 3.8) is 0 Å². The summed E-state index contributed by atoms with van der Waals surface area (Å²) in [4.78, 5) is 0. The largest absolute Gasteiger partial charge is 0.324 e. The summed E-state index contributed by atoms with van der Waals surface area (Å²) in [7, 11) is 0. The van der Waals surface area contributed by atoms with Gasteiger partial charge in [0.05, 0.1) is 0 Å². The fourth-order valence-corrected chi connectivity index (χ4v) is 1.88. The molecule has 0 aliphatic rings. The fraction of sp³-hybridized carbons (Fsp3) is 0.200. The summed E-state index contributed by atoms with van der Waals surface area (Å²) in [5.41, 5.74) is 8.61. The second kappa shape index (κ2) is 5.74. The molecule has 94 valence electrons. The second-order valence-electron chi connectivity index (χ2n) is 4.22. The van der Waals surface area contributed by atoms with Crippen LogP contribution in [0.15, 0.2) is 54.6 Å². The molecule has 0 saturated heterocycles. The van der Waals surface area contributed by atoms with Gasteiger partial charge in [0.1, 0.15) is 0 Å². The van der Waals surface area contributed by atoms with Gasteiger partial charge in [-0.2, -0.15) is 0 Å². The van der Waals surface area contributed by atoms with E-state index in [1.165, 1.54) is 0 Å². The van der Waals surface area contributed by atoms with E-state index in [-0.39, 0.29) is 6.42 Å². The van der Waals surface area contributed by atoms with Crippen LogP contribution < -0.4 is 5.73 Å². The van der Waals surface area contributed by atoms with Gasteiger partial charge in [0.15, 0.2) is 0 Å². The van der Waals surface area contributed by atoms with Crippen molar-refractivity contribution >= 4 is 0 Å². The zero-order chi connectivity index (χ0) is 13.0. The van der Waals surface area contributed by atoms with Gasteiger partial charge < -0.3 is 5.73 Å². The Morgan fingerprint density at radius 3 is 1.94 bits per heavy atom. The van der Waals surface area contributed by atoms with Crippen LogP contribution in [0.1, 0.15) is 18.0 Å². The quantitative estimate of drug-likeness (QED) is 0.868. The van der Waals surface area contributed by atoms with E-state index in [1.54, 1.807) is 0 Å². The molecule has 0 spiro atoms. The summed E-state index contributed by atoms with van der Waals surface area (Å²) < 4.78 is 24.5. The molecule has 0 heterocycles. The predicted molar refractivity (Wildman–Crippen MR) is 69.4 cm³/mol. The lowest BCUT2D eigenvalue weighted by molar-refractivity contribution is 0.128. The molecule has 2 aromatic carbocycles. The van der Waals surface area contributed by atoms with E-state index < -0.39 is 12.5 Å². The number of hydrogen-bond acceptors (Lipinski definition) is 1. The molecular formula is C15H15F2N. The molecule has 3 heteroatoms. The number of alkyl halides is 2. The fourth-order valence-electron chi connectivity index (χ4n) is 1.88. The normalized spacial score (nSPS) is 12.7. The smallest absolute Gasteiger partial charge is 0.240 e. The van der Waals surface area contributed by atoms with Crippen LogP contribution in [0.4, 0.5) is 8.78 Å². The third kappa shape index (κ3) is 3.14. The Morgan fingerprint density at radius 2 is 1.39 bits per heavy atom. The Hall–Kier alpha value is -1.74. The van der Waals surface area contributed by atoms with Crippen molar-refractivity contribution in [1.82, 2.24) is 0 Å². The Bertz CT molecular complexity index is 480. The lowest BCUT2D eigenvalue weighted by Crippen LogP contribution is -2.13. The maximum Gasteiger partial charge on any atom is 0.240 e. The van der Waals surface area contributed by atoms with Crippen LogP contribution in [0.3, 0.4) is 0 Å². The molecule has 0 aliphatic heterocycles. The van der Waals surface area contributed by atoms with Crippen molar-refractivity contribution in [1.29, 1.82) is 0 Å². The number of rotatable bonds is 4. The van der Waals surface area contributed by atoms with E-state index in [4.69, 9.17) is 5.73 Å². The number of nitrogens with two attached hydrogens (primary N) is 1. The summed E-state index contributed by atoms with van der Waals surface area (Å²) in [5, 5.41) is 0. The van der Waals surface area contributed by atoms with Gasteiger partial charge in [-0.3, -0.25) is 0 Å². The SMILES string of the molecule is N[C@@H](CC(F)F)c1ccc(-c2ccccc2)cc1. The first kappa shape index (κ1) is 12.7. The van der Waals surface area contributed by atoms with Gasteiger partial charge >= 0.3 is 0 Å². The summed E-state index contributed by atoms with van der Waals surface area (Å²) in [6.45, 7) is 0. The van der Waals surface area contributed by atoms with Crippen LogP contribution >= 0.6 is 0 Å². The minimum Gasteiger partial charge on any atom is -0.324 e. The highest BCUT2D eigenvalue weighted by atomic mass is 19.3. The molecule has 0 bridgehead atoms. The number of hydrogen-bond donors (Lipinski definition) is 1. The van der Waals surface area contributed by atoms with Crippen molar-refractivity contribution in [3.05, 3.63) is 60.2 Å². The molecule has 1 atom stereocenters. The molecule has 2 aromatic rings. The van der Waals surface area contributed by atoms with Crippen LogP contribution in [0, 0.1) is 0 Å². The second-order valence-corrected chi connectivity index (χ2v) is 4.22. The molecular weight excluding hydrogens is 232 g/mol. The van der Waals surface area contributed by atoms with Crippen LogP contribution in [-0.4, -0.2) is 6.43 Å². The average molecular weight is 247 g/mol. The average Bonchev–Trinajstić information content (AvgIpc) is 2.39. The van der Waals surface area contributed by atoms with Gasteiger partial charge in [0, 0.05) is 12.5 Å². The maximum atomic E-state index is 12.2. The summed E-state index contributed by atoms with van der Waals surface area (Å²) in [6.07, 6.45) is -2.67. The summed E-state index contributed by atoms with van der Waals surface area (Å²) >= 11 is 0. The van der Waals surface area contributed by atoms with Crippen molar-refractivity contribution < 1.29 is 8.78 Å². The zero-order valence-electron chi connectivity index (χ0n) is 9.89. The van der Waals surface area contributed by atoms with Crippen LogP contribution in [0.5, 0.6) is 0 Å². The standard InChI is InChI=1S/C15H15F2N/c16-15(17)10-14(18)13-8-6-12(7-9-13)11-4-2-1-3-5-11/h1-9,14-15H,10,18H2/t14-/m0/s1. The van der Waals surface area contributed by atoms with Crippen LogP contribution in [0.25, 0.3) is 11.1 Å². The van der Waals surface area contributed by atoms with Gasteiger partial charge in [0.25, 0.3) is 0 Å². The van der Waals surface area contributed by atoms with E-state index in [2.05, 4.69) is 0 Å². The molecule has 1 nitrogen and oxygen atoms in total. The minimum atomic E-state index is -2.37. The third-order valence-electron chi connectivity index (χ3n) is 2.88. The van der Waals surface area contributed by atoms with Crippen LogP contribution in [-0.2, 0) is 0 Å². The minimum absolute atomic E-state index is 0.301. The van der Waals surface area contributed by atoms with E-state index in [0.717, 1.165) is 16.7 Å². The molecule has 0 fully saturated rings. The zero-order valence-corrected chi connectivity index (χ0v) is 9.89. The molecule has 2 N–H and O–H groups in total. The highest BCUT2D eigenvalue weighted by Crippen LogP contribution is 2.23. The van der Waals surface area contributed by atoms with Gasteiger partial charge in [-0.1, -0.05) is 54.6 Å². The number of halogens is 2. The maximum absolute atomic E-state index is 12.2. The monoisotopic (exact) mass is 247 g/mol. The highest BCUT2D eigenvalue weighted by Gasteiger charge is 2.12. The Balaban J connectivity index is 2.15. The van der Waals surface area contributed by atoms with Crippen molar-refractivity contribution in [2.45, 2.75) is 18.9 Å². The lowest BCUT2D eigenvalue weighted by Gasteiger charge is -2.12. The molecule has 0 saturated carbocycles. The third-order valence-corrected chi connectivity index (χ3v) is 2.88. The molecule has 2 rings (SSSR count). The Kier molecular flexibility index (Phi) is 4.05. The summed E-state index contributed by atoms with van der Waals surface area (Å²) in [5.74, 6) is 0. The van der Waals surface area contributed by atoms with Crippen molar-refractivity contribution in [3.8, 4) is 11.1 Å². The van der Waals surface area contributed by atoms with Gasteiger partial charge in [-0.25, -0.2) is 8.78 Å². The first-order chi connectivity index (χ1) is 8.66.